The van der Waals surface area contributed by atoms with Crippen molar-refractivity contribution in [3.63, 3.8) is 0 Å². The van der Waals surface area contributed by atoms with Crippen LogP contribution in [0.25, 0.3) is 0 Å². The maximum atomic E-state index is 12.0. The van der Waals surface area contributed by atoms with E-state index in [0.717, 1.165) is 23.4 Å². The molecule has 0 fully saturated rings. The Morgan fingerprint density at radius 1 is 1.35 bits per heavy atom. The summed E-state index contributed by atoms with van der Waals surface area (Å²) in [5.74, 6) is 0.501. The van der Waals surface area contributed by atoms with E-state index in [2.05, 4.69) is 31.4 Å². The summed E-state index contributed by atoms with van der Waals surface area (Å²) in [7, 11) is 1.68. The fourth-order valence-electron chi connectivity index (χ4n) is 2.31. The molecular formula is C16H25ClN2O. The molecule has 0 radical (unpaired) electrons. The molecule has 0 aliphatic heterocycles. The van der Waals surface area contributed by atoms with E-state index in [4.69, 9.17) is 11.6 Å². The molecule has 3 nitrogen and oxygen atoms in total. The number of carbonyl (C=O) groups is 1. The Bertz CT molecular complexity index is 434. The predicted octanol–water partition coefficient (Wildman–Crippen LogP) is 3.54. The zero-order chi connectivity index (χ0) is 15.1. The van der Waals surface area contributed by atoms with E-state index in [1.54, 1.807) is 7.05 Å². The molecular weight excluding hydrogens is 272 g/mol. The third-order valence-electron chi connectivity index (χ3n) is 3.33. The highest BCUT2D eigenvalue weighted by atomic mass is 35.5. The van der Waals surface area contributed by atoms with E-state index in [9.17, 15) is 4.79 Å². The van der Waals surface area contributed by atoms with E-state index >= 15 is 0 Å². The minimum absolute atomic E-state index is 0.0409. The summed E-state index contributed by atoms with van der Waals surface area (Å²) >= 11 is 6.05. The largest absolute Gasteiger partial charge is 0.358 e. The summed E-state index contributed by atoms with van der Waals surface area (Å²) in [6, 6.07) is 7.77. The molecule has 1 rings (SSSR count). The van der Waals surface area contributed by atoms with Crippen molar-refractivity contribution >= 4 is 17.5 Å². The fourth-order valence-corrected chi connectivity index (χ4v) is 2.51. The van der Waals surface area contributed by atoms with Crippen molar-refractivity contribution in [1.29, 1.82) is 0 Å². The number of nitrogens with one attached hydrogen (secondary N) is 2. The Kier molecular flexibility index (Phi) is 7.03. The third kappa shape index (κ3) is 5.14. The van der Waals surface area contributed by atoms with Crippen LogP contribution in [-0.2, 0) is 4.79 Å². The number of amides is 1. The Morgan fingerprint density at radius 2 is 2.05 bits per heavy atom. The Morgan fingerprint density at radius 3 is 2.55 bits per heavy atom. The van der Waals surface area contributed by atoms with Crippen LogP contribution in [0.4, 0.5) is 0 Å². The van der Waals surface area contributed by atoms with Gasteiger partial charge in [-0.2, -0.15) is 0 Å². The number of halogens is 1. The second kappa shape index (κ2) is 8.28. The van der Waals surface area contributed by atoms with Crippen molar-refractivity contribution in [2.24, 2.45) is 5.92 Å². The number of hydrogen-bond donors (Lipinski definition) is 2. The van der Waals surface area contributed by atoms with E-state index < -0.39 is 0 Å². The lowest BCUT2D eigenvalue weighted by atomic mass is 9.99. The van der Waals surface area contributed by atoms with E-state index in [0.29, 0.717) is 5.92 Å². The molecule has 20 heavy (non-hydrogen) atoms. The zero-order valence-corrected chi connectivity index (χ0v) is 13.5. The number of carbonyl (C=O) groups excluding carboxylic acids is 1. The van der Waals surface area contributed by atoms with E-state index in [1.807, 2.05) is 24.3 Å². The normalized spacial score (nSPS) is 14.1. The molecule has 0 saturated heterocycles. The molecule has 0 aliphatic rings. The average molecular weight is 297 g/mol. The maximum Gasteiger partial charge on any atom is 0.236 e. The minimum atomic E-state index is -0.177. The summed E-state index contributed by atoms with van der Waals surface area (Å²) in [6.45, 7) is 6.35. The van der Waals surface area contributed by atoms with Crippen LogP contribution in [0, 0.1) is 5.92 Å². The summed E-state index contributed by atoms with van der Waals surface area (Å²) in [5, 5.41) is 6.92. The van der Waals surface area contributed by atoms with Gasteiger partial charge < -0.3 is 5.32 Å². The molecule has 1 aromatic rings. The van der Waals surface area contributed by atoms with Gasteiger partial charge in [0, 0.05) is 18.1 Å². The van der Waals surface area contributed by atoms with Crippen molar-refractivity contribution < 1.29 is 4.79 Å². The monoisotopic (exact) mass is 296 g/mol. The van der Waals surface area contributed by atoms with Crippen LogP contribution in [-0.4, -0.2) is 19.0 Å². The standard InChI is InChI=1S/C16H25ClN2O/c1-5-14(12-7-6-8-13(17)10-12)19-15(9-11(2)3)16(20)18-4/h6-8,10-11,14-15,19H,5,9H2,1-4H3,(H,18,20). The fraction of sp³-hybridized carbons (Fsp3) is 0.562. The van der Waals surface area contributed by atoms with Gasteiger partial charge in [-0.05, 0) is 36.5 Å². The van der Waals surface area contributed by atoms with Gasteiger partial charge in [0.05, 0.1) is 6.04 Å². The topological polar surface area (TPSA) is 41.1 Å². The Balaban J connectivity index is 2.85. The van der Waals surface area contributed by atoms with Crippen LogP contribution >= 0.6 is 11.6 Å². The van der Waals surface area contributed by atoms with Crippen LogP contribution in [0.5, 0.6) is 0 Å². The van der Waals surface area contributed by atoms with E-state index in [-0.39, 0.29) is 18.0 Å². The first-order chi connectivity index (χ1) is 9.47. The molecule has 2 unspecified atom stereocenters. The molecule has 2 N–H and O–H groups in total. The highest BCUT2D eigenvalue weighted by Gasteiger charge is 2.22. The van der Waals surface area contributed by atoms with Crippen molar-refractivity contribution in [2.45, 2.75) is 45.7 Å². The third-order valence-corrected chi connectivity index (χ3v) is 3.57. The smallest absolute Gasteiger partial charge is 0.236 e. The quantitative estimate of drug-likeness (QED) is 0.808. The van der Waals surface area contributed by atoms with Crippen LogP contribution in [0.1, 0.15) is 45.2 Å². The van der Waals surface area contributed by atoms with Crippen LogP contribution in [0.2, 0.25) is 5.02 Å². The Hall–Kier alpha value is -1.06. The molecule has 0 saturated carbocycles. The summed E-state index contributed by atoms with van der Waals surface area (Å²) < 4.78 is 0. The molecule has 0 heterocycles. The molecule has 2 atom stereocenters. The van der Waals surface area contributed by atoms with Gasteiger partial charge in [0.25, 0.3) is 0 Å². The maximum absolute atomic E-state index is 12.0. The number of rotatable bonds is 7. The lowest BCUT2D eigenvalue weighted by Gasteiger charge is -2.25. The first-order valence-electron chi connectivity index (χ1n) is 7.21. The summed E-state index contributed by atoms with van der Waals surface area (Å²) in [5.41, 5.74) is 1.12. The molecule has 0 aromatic heterocycles. The van der Waals surface area contributed by atoms with Crippen molar-refractivity contribution in [2.75, 3.05) is 7.05 Å². The second-order valence-corrected chi connectivity index (χ2v) is 5.92. The first-order valence-corrected chi connectivity index (χ1v) is 7.58. The van der Waals surface area contributed by atoms with Crippen LogP contribution < -0.4 is 10.6 Å². The Labute approximate surface area is 127 Å². The molecule has 0 aliphatic carbocycles. The second-order valence-electron chi connectivity index (χ2n) is 5.48. The van der Waals surface area contributed by atoms with Gasteiger partial charge in [0.15, 0.2) is 0 Å². The average Bonchev–Trinajstić information content (AvgIpc) is 2.42. The van der Waals surface area contributed by atoms with Gasteiger partial charge in [-0.1, -0.05) is 44.5 Å². The lowest BCUT2D eigenvalue weighted by molar-refractivity contribution is -0.123. The summed E-state index contributed by atoms with van der Waals surface area (Å²) in [4.78, 5) is 12.0. The summed E-state index contributed by atoms with van der Waals surface area (Å²) in [6.07, 6.45) is 1.72. The molecule has 4 heteroatoms. The predicted molar refractivity (Wildman–Crippen MR) is 84.9 cm³/mol. The van der Waals surface area contributed by atoms with Crippen LogP contribution in [0.3, 0.4) is 0 Å². The molecule has 1 amide bonds. The van der Waals surface area contributed by atoms with Gasteiger partial charge in [-0.25, -0.2) is 0 Å². The van der Waals surface area contributed by atoms with Crippen molar-refractivity contribution in [1.82, 2.24) is 10.6 Å². The van der Waals surface area contributed by atoms with Crippen molar-refractivity contribution in [3.8, 4) is 0 Å². The number of benzene rings is 1. The SMILES string of the molecule is CCC(NC(CC(C)C)C(=O)NC)c1cccc(Cl)c1. The highest BCUT2D eigenvalue weighted by molar-refractivity contribution is 6.30. The van der Waals surface area contributed by atoms with Gasteiger partial charge >= 0.3 is 0 Å². The van der Waals surface area contributed by atoms with Gasteiger partial charge in [0.2, 0.25) is 5.91 Å². The van der Waals surface area contributed by atoms with Crippen molar-refractivity contribution in [3.05, 3.63) is 34.9 Å². The van der Waals surface area contributed by atoms with Crippen LogP contribution in [0.15, 0.2) is 24.3 Å². The minimum Gasteiger partial charge on any atom is -0.358 e. The molecule has 0 bridgehead atoms. The highest BCUT2D eigenvalue weighted by Crippen LogP contribution is 2.22. The zero-order valence-electron chi connectivity index (χ0n) is 12.7. The lowest BCUT2D eigenvalue weighted by Crippen LogP contribution is -2.45. The van der Waals surface area contributed by atoms with Gasteiger partial charge in [-0.3, -0.25) is 10.1 Å². The molecule has 0 spiro atoms. The van der Waals surface area contributed by atoms with Gasteiger partial charge in [-0.15, -0.1) is 0 Å². The van der Waals surface area contributed by atoms with E-state index in [1.165, 1.54) is 0 Å². The number of hydrogen-bond acceptors (Lipinski definition) is 2. The molecule has 112 valence electrons. The first kappa shape index (κ1) is 17.0. The number of likely N-dealkylation sites (N-methyl/N-ethyl adjacent to an activating group) is 1. The van der Waals surface area contributed by atoms with Gasteiger partial charge in [0.1, 0.15) is 0 Å². The molecule has 1 aromatic carbocycles.